The van der Waals surface area contributed by atoms with Crippen LogP contribution in [0.15, 0.2) is 24.3 Å². The van der Waals surface area contributed by atoms with E-state index in [0.717, 1.165) is 29.2 Å². The van der Waals surface area contributed by atoms with Gasteiger partial charge in [0.2, 0.25) is 0 Å². The monoisotopic (exact) mass is 403 g/mol. The van der Waals surface area contributed by atoms with E-state index in [-0.39, 0.29) is 0 Å². The van der Waals surface area contributed by atoms with Crippen molar-refractivity contribution in [3.05, 3.63) is 24.3 Å². The lowest BCUT2D eigenvalue weighted by molar-refractivity contribution is -0.00933. The molecular formula is C22H37N5S. The molecule has 2 N–H and O–H groups in total. The molecule has 0 amide bonds. The Morgan fingerprint density at radius 3 is 2.46 bits per heavy atom. The molecule has 3 saturated heterocycles. The van der Waals surface area contributed by atoms with Crippen molar-refractivity contribution in [3.63, 3.8) is 0 Å². The van der Waals surface area contributed by atoms with Gasteiger partial charge < -0.3 is 20.4 Å². The number of piperidine rings is 3. The minimum atomic E-state index is 0.613. The van der Waals surface area contributed by atoms with Crippen LogP contribution in [0.4, 0.5) is 11.4 Å². The summed E-state index contributed by atoms with van der Waals surface area (Å²) in [5, 5.41) is 7.50. The highest BCUT2D eigenvalue weighted by Gasteiger charge is 2.40. The summed E-state index contributed by atoms with van der Waals surface area (Å²) in [4.78, 5) is 7.37. The molecule has 0 aromatic heterocycles. The summed E-state index contributed by atoms with van der Waals surface area (Å²) < 4.78 is 0. The highest BCUT2D eigenvalue weighted by Crippen LogP contribution is 2.36. The Bertz CT molecular complexity index is 628. The van der Waals surface area contributed by atoms with Gasteiger partial charge in [0.25, 0.3) is 0 Å². The van der Waals surface area contributed by atoms with E-state index in [1.807, 2.05) is 0 Å². The third-order valence-electron chi connectivity index (χ3n) is 6.54. The van der Waals surface area contributed by atoms with Crippen molar-refractivity contribution >= 4 is 28.7 Å². The second-order valence-corrected chi connectivity index (χ2v) is 8.86. The first-order valence-electron chi connectivity index (χ1n) is 10.8. The minimum absolute atomic E-state index is 0.613. The average Bonchev–Trinajstić information content (AvgIpc) is 2.71. The Morgan fingerprint density at radius 2 is 1.89 bits per heavy atom. The Morgan fingerprint density at radius 1 is 1.18 bits per heavy atom. The van der Waals surface area contributed by atoms with Gasteiger partial charge in [0, 0.05) is 51.1 Å². The number of nitrogens with one attached hydrogen (secondary N) is 2. The topological polar surface area (TPSA) is 33.8 Å². The van der Waals surface area contributed by atoms with Crippen molar-refractivity contribution in [1.29, 1.82) is 0 Å². The van der Waals surface area contributed by atoms with Crippen LogP contribution in [-0.4, -0.2) is 74.3 Å². The third-order valence-corrected chi connectivity index (χ3v) is 6.79. The molecule has 0 aliphatic carbocycles. The van der Waals surface area contributed by atoms with Crippen molar-refractivity contribution in [3.8, 4) is 0 Å². The van der Waals surface area contributed by atoms with Gasteiger partial charge in [-0.2, -0.15) is 0 Å². The Hall–Kier alpha value is -1.37. The zero-order valence-electron chi connectivity index (χ0n) is 17.9. The van der Waals surface area contributed by atoms with E-state index in [0.29, 0.717) is 6.04 Å². The standard InChI is InChI=1S/C22H37N5S/c1-5-26(6-2)15-18-16-27-12-11-17(18)13-21(27)14-23-22(28)24-19-7-9-20(10-8-19)25(3)4/h7-10,17-18,21H,5-6,11-16H2,1-4H3,(H2,23,24,28)/t17-,18-,21+/m0/s1. The molecule has 0 saturated carbocycles. The van der Waals surface area contributed by atoms with Crippen molar-refractivity contribution < 1.29 is 0 Å². The summed E-state index contributed by atoms with van der Waals surface area (Å²) in [7, 11) is 4.10. The van der Waals surface area contributed by atoms with Crippen molar-refractivity contribution in [1.82, 2.24) is 15.1 Å². The van der Waals surface area contributed by atoms with Crippen LogP contribution in [0.2, 0.25) is 0 Å². The van der Waals surface area contributed by atoms with E-state index >= 15 is 0 Å². The molecule has 5 nitrogen and oxygen atoms in total. The van der Waals surface area contributed by atoms with Gasteiger partial charge in [-0.25, -0.2) is 0 Å². The fourth-order valence-corrected chi connectivity index (χ4v) is 4.91. The van der Waals surface area contributed by atoms with Crippen LogP contribution in [0.3, 0.4) is 0 Å². The normalized spacial score (nSPS) is 26.3. The molecule has 1 aromatic rings. The molecular weight excluding hydrogens is 366 g/mol. The van der Waals surface area contributed by atoms with Crippen LogP contribution in [0.1, 0.15) is 26.7 Å². The smallest absolute Gasteiger partial charge is 0.170 e. The molecule has 3 heterocycles. The maximum atomic E-state index is 5.53. The summed E-state index contributed by atoms with van der Waals surface area (Å²) >= 11 is 5.53. The quantitative estimate of drug-likeness (QED) is 0.649. The molecule has 4 rings (SSSR count). The summed E-state index contributed by atoms with van der Waals surface area (Å²) in [5.41, 5.74) is 2.22. The van der Waals surface area contributed by atoms with Crippen LogP contribution in [0.5, 0.6) is 0 Å². The van der Waals surface area contributed by atoms with E-state index in [4.69, 9.17) is 12.2 Å². The zero-order chi connectivity index (χ0) is 20.1. The van der Waals surface area contributed by atoms with Crippen LogP contribution < -0.4 is 15.5 Å². The van der Waals surface area contributed by atoms with Crippen molar-refractivity contribution in [2.24, 2.45) is 11.8 Å². The summed E-state index contributed by atoms with van der Waals surface area (Å²) in [6.45, 7) is 11.6. The Labute approximate surface area is 176 Å². The number of nitrogens with zero attached hydrogens (tertiary/aromatic N) is 3. The molecule has 1 unspecified atom stereocenters. The van der Waals surface area contributed by atoms with Crippen molar-refractivity contribution in [2.75, 3.05) is 63.6 Å². The lowest BCUT2D eigenvalue weighted by atomic mass is 9.75. The third kappa shape index (κ3) is 5.37. The minimum Gasteiger partial charge on any atom is -0.378 e. The molecule has 2 bridgehead atoms. The highest BCUT2D eigenvalue weighted by atomic mass is 32.1. The predicted molar refractivity (Wildman–Crippen MR) is 124 cm³/mol. The zero-order valence-corrected chi connectivity index (χ0v) is 18.8. The number of hydrogen-bond donors (Lipinski definition) is 2. The van der Waals surface area contributed by atoms with Crippen LogP contribution in [0.25, 0.3) is 0 Å². The first-order valence-corrected chi connectivity index (χ1v) is 11.2. The van der Waals surface area contributed by atoms with Gasteiger partial charge in [0.15, 0.2) is 5.11 Å². The Balaban J connectivity index is 1.45. The fourth-order valence-electron chi connectivity index (χ4n) is 4.71. The molecule has 3 aliphatic heterocycles. The molecule has 3 aliphatic rings. The number of anilines is 2. The number of hydrogen-bond acceptors (Lipinski definition) is 4. The van der Waals surface area contributed by atoms with Crippen LogP contribution in [-0.2, 0) is 0 Å². The molecule has 6 heteroatoms. The number of fused-ring (bicyclic) bond motifs is 3. The van der Waals surface area contributed by atoms with E-state index in [1.165, 1.54) is 51.3 Å². The van der Waals surface area contributed by atoms with E-state index in [2.05, 4.69) is 77.5 Å². The van der Waals surface area contributed by atoms with Gasteiger partial charge in [-0.05, 0) is 80.8 Å². The molecule has 3 fully saturated rings. The first kappa shape index (κ1) is 21.3. The second kappa shape index (κ2) is 9.90. The van der Waals surface area contributed by atoms with Gasteiger partial charge >= 0.3 is 0 Å². The fraction of sp³-hybridized carbons (Fsp3) is 0.682. The lowest BCUT2D eigenvalue weighted by Gasteiger charge is -2.51. The van der Waals surface area contributed by atoms with E-state index in [9.17, 15) is 0 Å². The number of thiocarbonyl (C=S) groups is 1. The van der Waals surface area contributed by atoms with Gasteiger partial charge in [-0.15, -0.1) is 0 Å². The van der Waals surface area contributed by atoms with Gasteiger partial charge in [-0.3, -0.25) is 4.90 Å². The first-order chi connectivity index (χ1) is 13.5. The predicted octanol–water partition coefficient (Wildman–Crippen LogP) is 3.09. The lowest BCUT2D eigenvalue weighted by Crippen LogP contribution is -2.58. The van der Waals surface area contributed by atoms with Crippen molar-refractivity contribution in [2.45, 2.75) is 32.7 Å². The van der Waals surface area contributed by atoms with Gasteiger partial charge in [0.05, 0.1) is 0 Å². The molecule has 0 radical (unpaired) electrons. The van der Waals surface area contributed by atoms with E-state index < -0.39 is 0 Å². The molecule has 0 spiro atoms. The maximum absolute atomic E-state index is 5.53. The largest absolute Gasteiger partial charge is 0.378 e. The molecule has 28 heavy (non-hydrogen) atoms. The Kier molecular flexibility index (Phi) is 7.55. The maximum Gasteiger partial charge on any atom is 0.170 e. The van der Waals surface area contributed by atoms with Crippen LogP contribution in [0, 0.1) is 11.8 Å². The second-order valence-electron chi connectivity index (χ2n) is 8.46. The molecule has 156 valence electrons. The summed E-state index contributed by atoms with van der Waals surface area (Å²) in [5.74, 6) is 1.71. The van der Waals surface area contributed by atoms with E-state index in [1.54, 1.807) is 0 Å². The number of rotatable bonds is 8. The SMILES string of the molecule is CCN(CC)C[C@H]1CN2CC[C@H]1C[C@@H]2CNC(=S)Nc1ccc(N(C)C)cc1. The van der Waals surface area contributed by atoms with Gasteiger partial charge in [-0.1, -0.05) is 13.8 Å². The molecule has 4 atom stereocenters. The van der Waals surface area contributed by atoms with Gasteiger partial charge in [0.1, 0.15) is 0 Å². The van der Waals surface area contributed by atoms with Crippen LogP contribution >= 0.6 is 12.2 Å². The number of benzene rings is 1. The summed E-state index contributed by atoms with van der Waals surface area (Å²) in [6, 6.07) is 8.97. The summed E-state index contributed by atoms with van der Waals surface area (Å²) in [6.07, 6.45) is 2.67. The molecule has 1 aromatic carbocycles. The highest BCUT2D eigenvalue weighted by molar-refractivity contribution is 7.80. The average molecular weight is 404 g/mol.